The Kier molecular flexibility index (Phi) is 6.27. The van der Waals surface area contributed by atoms with Crippen molar-refractivity contribution in [1.82, 2.24) is 0 Å². The third kappa shape index (κ3) is 5.80. The Morgan fingerprint density at radius 2 is 1.86 bits per heavy atom. The predicted octanol–water partition coefficient (Wildman–Crippen LogP) is 4.75. The summed E-state index contributed by atoms with van der Waals surface area (Å²) in [5.74, 6) is 1.45. The maximum atomic E-state index is 3.95. The van der Waals surface area contributed by atoms with Crippen LogP contribution >= 0.6 is 0 Å². The van der Waals surface area contributed by atoms with Crippen LogP contribution in [0.3, 0.4) is 0 Å². The minimum Gasteiger partial charge on any atom is -0.0955 e. The van der Waals surface area contributed by atoms with Gasteiger partial charge >= 0.3 is 0 Å². The normalized spacial score (nSPS) is 13.5. The van der Waals surface area contributed by atoms with Crippen molar-refractivity contribution < 1.29 is 0 Å². The van der Waals surface area contributed by atoms with Gasteiger partial charge in [0.15, 0.2) is 0 Å². The SMILES string of the molecule is C=C(C)C(=C)C=CC(CC)CC(C)C. The molecule has 0 aliphatic carbocycles. The molecule has 0 aromatic carbocycles. The summed E-state index contributed by atoms with van der Waals surface area (Å²) >= 11 is 0. The zero-order valence-electron chi connectivity index (χ0n) is 10.1. The van der Waals surface area contributed by atoms with E-state index in [4.69, 9.17) is 0 Å². The molecule has 0 heteroatoms. The second-order valence-electron chi connectivity index (χ2n) is 4.46. The summed E-state index contributed by atoms with van der Waals surface area (Å²) in [6.07, 6.45) is 6.85. The maximum absolute atomic E-state index is 3.95. The lowest BCUT2D eigenvalue weighted by Crippen LogP contribution is -1.99. The Bertz CT molecular complexity index is 218. The highest BCUT2D eigenvalue weighted by Crippen LogP contribution is 2.18. The standard InChI is InChI=1S/C14H24/c1-7-14(10-11(2)3)9-8-13(6)12(4)5/h8-9,11,14H,4,6-7,10H2,1-3,5H3. The smallest absolute Gasteiger partial charge is 0.0230 e. The average Bonchev–Trinajstić information content (AvgIpc) is 2.10. The molecule has 1 unspecified atom stereocenters. The molecule has 1 atom stereocenters. The molecule has 0 aromatic heterocycles. The van der Waals surface area contributed by atoms with Crippen LogP contribution in [0.25, 0.3) is 0 Å². The molecular formula is C14H24. The molecule has 0 saturated heterocycles. The van der Waals surface area contributed by atoms with E-state index in [1.807, 2.05) is 6.92 Å². The number of hydrogen-bond donors (Lipinski definition) is 0. The van der Waals surface area contributed by atoms with E-state index in [9.17, 15) is 0 Å². The van der Waals surface area contributed by atoms with Gasteiger partial charge in [0.05, 0.1) is 0 Å². The molecule has 0 bridgehead atoms. The van der Waals surface area contributed by atoms with Crippen molar-refractivity contribution in [2.45, 2.75) is 40.5 Å². The highest BCUT2D eigenvalue weighted by molar-refractivity contribution is 5.33. The maximum Gasteiger partial charge on any atom is -0.0230 e. The molecule has 0 aliphatic heterocycles. The van der Waals surface area contributed by atoms with E-state index in [0.29, 0.717) is 5.92 Å². The van der Waals surface area contributed by atoms with Crippen LogP contribution in [0.15, 0.2) is 36.5 Å². The van der Waals surface area contributed by atoms with Crippen LogP contribution in [-0.4, -0.2) is 0 Å². The Morgan fingerprint density at radius 1 is 1.29 bits per heavy atom. The van der Waals surface area contributed by atoms with E-state index in [-0.39, 0.29) is 0 Å². The van der Waals surface area contributed by atoms with Gasteiger partial charge in [-0.05, 0) is 37.2 Å². The molecule has 0 aliphatic rings. The van der Waals surface area contributed by atoms with E-state index < -0.39 is 0 Å². The van der Waals surface area contributed by atoms with Gasteiger partial charge in [-0.25, -0.2) is 0 Å². The Balaban J connectivity index is 4.17. The largest absolute Gasteiger partial charge is 0.0955 e. The molecule has 0 N–H and O–H groups in total. The molecule has 0 amide bonds. The predicted molar refractivity (Wildman–Crippen MR) is 66.3 cm³/mol. The lowest BCUT2D eigenvalue weighted by molar-refractivity contribution is 0.465. The highest BCUT2D eigenvalue weighted by atomic mass is 14.1. The summed E-state index contributed by atoms with van der Waals surface area (Å²) in [7, 11) is 0. The van der Waals surface area contributed by atoms with Crippen LogP contribution in [0.5, 0.6) is 0 Å². The summed E-state index contributed by atoms with van der Waals surface area (Å²) in [5.41, 5.74) is 2.10. The van der Waals surface area contributed by atoms with E-state index in [2.05, 4.69) is 46.1 Å². The van der Waals surface area contributed by atoms with E-state index in [1.54, 1.807) is 0 Å². The molecule has 0 saturated carbocycles. The molecule has 0 fully saturated rings. The van der Waals surface area contributed by atoms with Gasteiger partial charge in [0.25, 0.3) is 0 Å². The van der Waals surface area contributed by atoms with Crippen LogP contribution in [-0.2, 0) is 0 Å². The van der Waals surface area contributed by atoms with Gasteiger partial charge in [-0.2, -0.15) is 0 Å². The first-order valence-corrected chi connectivity index (χ1v) is 5.50. The summed E-state index contributed by atoms with van der Waals surface area (Å²) in [6, 6.07) is 0. The first-order chi connectivity index (χ1) is 6.47. The molecular weight excluding hydrogens is 168 g/mol. The molecule has 0 heterocycles. The van der Waals surface area contributed by atoms with Gasteiger partial charge in [-0.3, -0.25) is 0 Å². The van der Waals surface area contributed by atoms with Gasteiger partial charge in [-0.1, -0.05) is 51.7 Å². The van der Waals surface area contributed by atoms with Gasteiger partial charge in [0.1, 0.15) is 0 Å². The fourth-order valence-corrected chi connectivity index (χ4v) is 1.38. The molecule has 0 nitrogen and oxygen atoms in total. The summed E-state index contributed by atoms with van der Waals surface area (Å²) in [6.45, 7) is 16.6. The first-order valence-electron chi connectivity index (χ1n) is 5.50. The highest BCUT2D eigenvalue weighted by Gasteiger charge is 2.04. The lowest BCUT2D eigenvalue weighted by atomic mass is 9.93. The van der Waals surface area contributed by atoms with Gasteiger partial charge in [-0.15, -0.1) is 0 Å². The molecule has 0 rings (SSSR count). The molecule has 0 spiro atoms. The van der Waals surface area contributed by atoms with Crippen LogP contribution in [0.1, 0.15) is 40.5 Å². The fraction of sp³-hybridized carbons (Fsp3) is 0.571. The monoisotopic (exact) mass is 192 g/mol. The van der Waals surface area contributed by atoms with Crippen molar-refractivity contribution in [3.8, 4) is 0 Å². The van der Waals surface area contributed by atoms with Crippen molar-refractivity contribution in [1.29, 1.82) is 0 Å². The lowest BCUT2D eigenvalue weighted by Gasteiger charge is -2.12. The Hall–Kier alpha value is -0.780. The number of allylic oxidation sites excluding steroid dienone is 4. The molecule has 80 valence electrons. The van der Waals surface area contributed by atoms with E-state index in [0.717, 1.165) is 17.1 Å². The molecule has 14 heavy (non-hydrogen) atoms. The minimum atomic E-state index is 0.686. The summed E-state index contributed by atoms with van der Waals surface area (Å²) < 4.78 is 0. The van der Waals surface area contributed by atoms with Crippen LogP contribution in [0.4, 0.5) is 0 Å². The van der Waals surface area contributed by atoms with Crippen molar-refractivity contribution in [2.75, 3.05) is 0 Å². The van der Waals surface area contributed by atoms with E-state index >= 15 is 0 Å². The topological polar surface area (TPSA) is 0 Å². The second-order valence-corrected chi connectivity index (χ2v) is 4.46. The fourth-order valence-electron chi connectivity index (χ4n) is 1.38. The zero-order valence-corrected chi connectivity index (χ0v) is 10.1. The Morgan fingerprint density at radius 3 is 2.21 bits per heavy atom. The van der Waals surface area contributed by atoms with Gasteiger partial charge in [0.2, 0.25) is 0 Å². The van der Waals surface area contributed by atoms with Crippen molar-refractivity contribution in [2.24, 2.45) is 11.8 Å². The van der Waals surface area contributed by atoms with Gasteiger partial charge < -0.3 is 0 Å². The van der Waals surface area contributed by atoms with Crippen LogP contribution < -0.4 is 0 Å². The average molecular weight is 192 g/mol. The van der Waals surface area contributed by atoms with Crippen molar-refractivity contribution in [3.05, 3.63) is 36.5 Å². The van der Waals surface area contributed by atoms with Crippen molar-refractivity contribution in [3.63, 3.8) is 0 Å². The third-order valence-corrected chi connectivity index (χ3v) is 2.42. The van der Waals surface area contributed by atoms with Crippen LogP contribution in [0, 0.1) is 11.8 Å². The quantitative estimate of drug-likeness (QED) is 0.533. The van der Waals surface area contributed by atoms with Gasteiger partial charge in [0, 0.05) is 0 Å². The Labute approximate surface area is 89.4 Å². The van der Waals surface area contributed by atoms with Crippen LogP contribution in [0.2, 0.25) is 0 Å². The number of hydrogen-bond acceptors (Lipinski definition) is 0. The zero-order chi connectivity index (χ0) is 11.1. The van der Waals surface area contributed by atoms with Crippen molar-refractivity contribution >= 4 is 0 Å². The summed E-state index contributed by atoms with van der Waals surface area (Å²) in [4.78, 5) is 0. The second kappa shape index (κ2) is 6.64. The third-order valence-electron chi connectivity index (χ3n) is 2.42. The first kappa shape index (κ1) is 13.2. The molecule has 0 radical (unpaired) electrons. The number of rotatable bonds is 6. The summed E-state index contributed by atoms with van der Waals surface area (Å²) in [5, 5.41) is 0. The molecule has 0 aromatic rings. The minimum absolute atomic E-state index is 0.686. The van der Waals surface area contributed by atoms with E-state index in [1.165, 1.54) is 12.8 Å².